The first-order valence-electron chi connectivity index (χ1n) is 9.34. The first kappa shape index (κ1) is 19.7. The molecule has 0 saturated carbocycles. The van der Waals surface area contributed by atoms with Crippen molar-refractivity contribution in [2.45, 2.75) is 25.4 Å². The molecule has 2 aromatic heterocycles. The van der Waals surface area contributed by atoms with E-state index in [0.717, 1.165) is 29.8 Å². The molecule has 1 fully saturated rings. The number of carbonyl (C=O) groups excluding carboxylic acids is 1. The minimum Gasteiger partial charge on any atom is -0.477 e. The van der Waals surface area contributed by atoms with Gasteiger partial charge in [-0.3, -0.25) is 4.79 Å². The van der Waals surface area contributed by atoms with Crippen LogP contribution in [0, 0.1) is 0 Å². The van der Waals surface area contributed by atoms with E-state index in [0.29, 0.717) is 19.0 Å². The highest BCUT2D eigenvalue weighted by Crippen LogP contribution is 2.30. The Labute approximate surface area is 169 Å². The van der Waals surface area contributed by atoms with Crippen LogP contribution in [0.25, 0.3) is 5.65 Å². The first-order chi connectivity index (χ1) is 14.5. The zero-order valence-electron chi connectivity index (χ0n) is 15.7. The third-order valence-corrected chi connectivity index (χ3v) is 5.20. The number of fused-ring (bicyclic) bond motifs is 1. The number of carboxylic acids is 1. The molecule has 1 aliphatic heterocycles. The summed E-state index contributed by atoms with van der Waals surface area (Å²) in [5, 5.41) is 13.0. The number of carbonyl (C=O) groups is 2. The summed E-state index contributed by atoms with van der Waals surface area (Å²) in [6, 6.07) is 9.98. The fourth-order valence-corrected chi connectivity index (χ4v) is 3.72. The second-order valence-corrected chi connectivity index (χ2v) is 6.93. The van der Waals surface area contributed by atoms with Crippen molar-refractivity contribution in [1.29, 1.82) is 0 Å². The topological polar surface area (TPSA) is 97.0 Å². The van der Waals surface area contributed by atoms with Gasteiger partial charge in [0.2, 0.25) is 5.88 Å². The first-order valence-corrected chi connectivity index (χ1v) is 9.34. The van der Waals surface area contributed by atoms with Crippen LogP contribution in [0.3, 0.4) is 0 Å². The lowest BCUT2D eigenvalue weighted by Gasteiger charge is -2.32. The largest absolute Gasteiger partial charge is 0.477 e. The van der Waals surface area contributed by atoms with Gasteiger partial charge in [0.15, 0.2) is 5.65 Å². The van der Waals surface area contributed by atoms with Crippen molar-refractivity contribution in [3.63, 3.8) is 0 Å². The van der Waals surface area contributed by atoms with Gasteiger partial charge in [-0.05, 0) is 24.3 Å². The summed E-state index contributed by atoms with van der Waals surface area (Å²) in [6.45, 7) is -2.32. The van der Waals surface area contributed by atoms with Gasteiger partial charge in [0.05, 0.1) is 6.20 Å². The Morgan fingerprint density at radius 3 is 2.43 bits per heavy atom. The molecule has 1 aliphatic rings. The van der Waals surface area contributed by atoms with E-state index >= 15 is 0 Å². The molecule has 1 N–H and O–H groups in total. The van der Waals surface area contributed by atoms with Gasteiger partial charge in [-0.25, -0.2) is 9.78 Å². The summed E-state index contributed by atoms with van der Waals surface area (Å²) < 4.78 is 31.4. The van der Waals surface area contributed by atoms with E-state index in [1.165, 1.54) is 5.56 Å². The van der Waals surface area contributed by atoms with Gasteiger partial charge in [0.1, 0.15) is 11.1 Å². The zero-order chi connectivity index (χ0) is 21.3. The number of benzene rings is 1. The van der Waals surface area contributed by atoms with Crippen LogP contribution in [-0.2, 0) is 0 Å². The number of rotatable bonds is 5. The van der Waals surface area contributed by atoms with Crippen LogP contribution in [0.1, 0.15) is 45.0 Å². The van der Waals surface area contributed by atoms with Gasteiger partial charge < -0.3 is 14.7 Å². The summed E-state index contributed by atoms with van der Waals surface area (Å²) >= 11 is 0. The number of alkyl halides is 2. The molecule has 156 valence electrons. The Morgan fingerprint density at radius 1 is 1.10 bits per heavy atom. The van der Waals surface area contributed by atoms with Crippen LogP contribution in [0.5, 0.6) is 5.88 Å². The van der Waals surface area contributed by atoms with Gasteiger partial charge in [0, 0.05) is 19.3 Å². The maximum atomic E-state index is 13.0. The number of carboxylic acid groups (broad SMARTS) is 1. The molecule has 4 rings (SSSR count). The van der Waals surface area contributed by atoms with Crippen LogP contribution < -0.4 is 4.74 Å². The lowest BCUT2D eigenvalue weighted by Crippen LogP contribution is -2.38. The minimum atomic E-state index is -3.22. The molecule has 0 atom stereocenters. The molecular formula is C20H18F2N4O4. The molecule has 8 nitrogen and oxygen atoms in total. The molecule has 1 saturated heterocycles. The third-order valence-electron chi connectivity index (χ3n) is 5.20. The highest BCUT2D eigenvalue weighted by atomic mass is 19.3. The van der Waals surface area contributed by atoms with Crippen molar-refractivity contribution in [3.05, 3.63) is 59.4 Å². The summed E-state index contributed by atoms with van der Waals surface area (Å²) in [6.07, 6.45) is 3.51. The van der Waals surface area contributed by atoms with Crippen molar-refractivity contribution < 1.29 is 28.2 Å². The van der Waals surface area contributed by atoms with Gasteiger partial charge in [0.25, 0.3) is 5.91 Å². The molecule has 0 radical (unpaired) electrons. The summed E-state index contributed by atoms with van der Waals surface area (Å²) in [7, 11) is 0. The number of nitrogens with zero attached hydrogens (tertiary/aromatic N) is 4. The molecule has 3 heterocycles. The normalized spacial score (nSPS) is 15.0. The maximum absolute atomic E-state index is 13.0. The van der Waals surface area contributed by atoms with Crippen LogP contribution >= 0.6 is 0 Å². The fourth-order valence-electron chi connectivity index (χ4n) is 3.72. The summed E-state index contributed by atoms with van der Waals surface area (Å²) in [4.78, 5) is 29.8. The molecular weight excluding hydrogens is 398 g/mol. The third kappa shape index (κ3) is 3.68. The van der Waals surface area contributed by atoms with Crippen molar-refractivity contribution >= 4 is 17.5 Å². The molecule has 0 spiro atoms. The molecule has 30 heavy (non-hydrogen) atoms. The van der Waals surface area contributed by atoms with Crippen molar-refractivity contribution in [1.82, 2.24) is 19.5 Å². The Hall–Kier alpha value is -3.56. The van der Waals surface area contributed by atoms with Crippen molar-refractivity contribution in [2.75, 3.05) is 13.1 Å². The number of hydrogen-bond donors (Lipinski definition) is 1. The maximum Gasteiger partial charge on any atom is 0.388 e. The monoisotopic (exact) mass is 416 g/mol. The molecule has 1 aromatic carbocycles. The van der Waals surface area contributed by atoms with E-state index < -0.39 is 24.4 Å². The molecule has 0 bridgehead atoms. The standard InChI is InChI=1S/C20H18F2N4O4/c21-20(22)30-18-15(10-23-16-14(19(28)29)11-24-26(16)18)17(27)25-8-6-13(7-9-25)12-4-2-1-3-5-12/h1-5,10-11,13,20H,6-9H2,(H,28,29). The van der Waals surface area contributed by atoms with Crippen LogP contribution in [0.2, 0.25) is 0 Å². The van der Waals surface area contributed by atoms with E-state index in [1.54, 1.807) is 4.90 Å². The molecule has 1 amide bonds. The van der Waals surface area contributed by atoms with Crippen LogP contribution in [0.4, 0.5) is 8.78 Å². The molecule has 3 aromatic rings. The molecule has 0 aliphatic carbocycles. The second kappa shape index (κ2) is 8.05. The molecule has 0 unspecified atom stereocenters. The number of aromatic nitrogens is 3. The number of piperidine rings is 1. The smallest absolute Gasteiger partial charge is 0.388 e. The van der Waals surface area contributed by atoms with Gasteiger partial charge in [-0.1, -0.05) is 30.3 Å². The average molecular weight is 416 g/mol. The molecule has 10 heteroatoms. The summed E-state index contributed by atoms with van der Waals surface area (Å²) in [5.74, 6) is -2.05. The van der Waals surface area contributed by atoms with E-state index in [-0.39, 0.29) is 16.8 Å². The van der Waals surface area contributed by atoms with E-state index in [1.807, 2.05) is 30.3 Å². The fraction of sp³-hybridized carbons (Fsp3) is 0.300. The van der Waals surface area contributed by atoms with Crippen molar-refractivity contribution in [3.8, 4) is 5.88 Å². The lowest BCUT2D eigenvalue weighted by molar-refractivity contribution is -0.0548. The van der Waals surface area contributed by atoms with Crippen molar-refractivity contribution in [2.24, 2.45) is 0 Å². The van der Waals surface area contributed by atoms with Gasteiger partial charge in [-0.15, -0.1) is 0 Å². The Balaban J connectivity index is 1.61. The highest BCUT2D eigenvalue weighted by Gasteiger charge is 2.29. The van der Waals surface area contributed by atoms with E-state index in [4.69, 9.17) is 0 Å². The predicted octanol–water partition coefficient (Wildman–Crippen LogP) is 3.05. The van der Waals surface area contributed by atoms with Gasteiger partial charge in [-0.2, -0.15) is 18.4 Å². The van der Waals surface area contributed by atoms with E-state index in [9.17, 15) is 23.5 Å². The Bertz CT molecular complexity index is 1080. The number of amides is 1. The van der Waals surface area contributed by atoms with E-state index in [2.05, 4.69) is 14.8 Å². The number of halogens is 2. The lowest BCUT2D eigenvalue weighted by atomic mass is 9.89. The minimum absolute atomic E-state index is 0.183. The van der Waals surface area contributed by atoms with Crippen LogP contribution in [-0.4, -0.2) is 56.2 Å². The average Bonchev–Trinajstić information content (AvgIpc) is 3.19. The second-order valence-electron chi connectivity index (χ2n) is 6.93. The Kier molecular flexibility index (Phi) is 5.30. The predicted molar refractivity (Wildman–Crippen MR) is 101 cm³/mol. The number of hydrogen-bond acceptors (Lipinski definition) is 5. The van der Waals surface area contributed by atoms with Gasteiger partial charge >= 0.3 is 12.6 Å². The highest BCUT2D eigenvalue weighted by molar-refractivity contribution is 5.98. The Morgan fingerprint density at radius 2 is 1.80 bits per heavy atom. The zero-order valence-corrected chi connectivity index (χ0v) is 15.7. The van der Waals surface area contributed by atoms with Crippen LogP contribution in [0.15, 0.2) is 42.7 Å². The number of likely N-dealkylation sites (tertiary alicyclic amines) is 1. The number of aromatic carboxylic acids is 1. The number of ether oxygens (including phenoxy) is 1. The quantitative estimate of drug-likeness (QED) is 0.687. The summed E-state index contributed by atoms with van der Waals surface area (Å²) in [5.41, 5.74) is 0.544. The SMILES string of the molecule is O=C(O)c1cnn2c(OC(F)F)c(C(=O)N3CCC(c4ccccc4)CC3)cnc12.